The summed E-state index contributed by atoms with van der Waals surface area (Å²) in [6, 6.07) is 9.00. The van der Waals surface area contributed by atoms with Gasteiger partial charge in [-0.1, -0.05) is 12.1 Å². The Bertz CT molecular complexity index is 624. The van der Waals surface area contributed by atoms with Gasteiger partial charge in [-0.25, -0.2) is 0 Å². The molecule has 0 radical (unpaired) electrons. The van der Waals surface area contributed by atoms with Crippen LogP contribution in [0.4, 0.5) is 0 Å². The summed E-state index contributed by atoms with van der Waals surface area (Å²) in [5.74, 6) is 1.64. The molecule has 0 aliphatic rings. The van der Waals surface area contributed by atoms with Gasteiger partial charge in [-0.05, 0) is 25.1 Å². The van der Waals surface area contributed by atoms with Gasteiger partial charge in [-0.3, -0.25) is 4.79 Å². The van der Waals surface area contributed by atoms with Crippen LogP contribution in [-0.2, 0) is 6.54 Å². The van der Waals surface area contributed by atoms with E-state index in [4.69, 9.17) is 19.6 Å². The van der Waals surface area contributed by atoms with Crippen LogP contribution in [-0.4, -0.2) is 25.7 Å². The molecule has 0 aliphatic heterocycles. The Morgan fingerprint density at radius 2 is 2.09 bits per heavy atom. The Labute approximate surface area is 129 Å². The first kappa shape index (κ1) is 15.9. The second-order valence-corrected chi connectivity index (χ2v) is 4.80. The van der Waals surface area contributed by atoms with Crippen molar-refractivity contribution in [2.45, 2.75) is 19.6 Å². The first-order valence-electron chi connectivity index (χ1n) is 6.99. The summed E-state index contributed by atoms with van der Waals surface area (Å²) in [4.78, 5) is 12.0. The second-order valence-electron chi connectivity index (χ2n) is 4.80. The standard InChI is InChI=1S/C16H20N2O4/c1-11(22-15-6-4-3-5-14(15)20-2)9-18-16(19)12-7-13(8-17)21-10-12/h3-7,10-11H,8-9,17H2,1-2H3,(H,18,19). The van der Waals surface area contributed by atoms with E-state index in [1.807, 2.05) is 31.2 Å². The second kappa shape index (κ2) is 7.51. The van der Waals surface area contributed by atoms with Crippen molar-refractivity contribution >= 4 is 5.91 Å². The summed E-state index contributed by atoms with van der Waals surface area (Å²) in [6.07, 6.45) is 1.18. The molecule has 0 fully saturated rings. The number of nitrogens with two attached hydrogens (primary N) is 1. The predicted octanol–water partition coefficient (Wildman–Crippen LogP) is 1.94. The van der Waals surface area contributed by atoms with E-state index in [1.165, 1.54) is 6.26 Å². The average Bonchev–Trinajstić information content (AvgIpc) is 3.02. The van der Waals surface area contributed by atoms with Gasteiger partial charge in [0.15, 0.2) is 11.5 Å². The largest absolute Gasteiger partial charge is 0.493 e. The fourth-order valence-corrected chi connectivity index (χ4v) is 1.92. The highest BCUT2D eigenvalue weighted by Crippen LogP contribution is 2.26. The number of ether oxygens (including phenoxy) is 2. The molecule has 0 spiro atoms. The van der Waals surface area contributed by atoms with Crippen molar-refractivity contribution in [3.05, 3.63) is 47.9 Å². The summed E-state index contributed by atoms with van der Waals surface area (Å²) < 4.78 is 16.1. The molecule has 1 aromatic carbocycles. The zero-order valence-electron chi connectivity index (χ0n) is 12.7. The fourth-order valence-electron chi connectivity index (χ4n) is 1.92. The van der Waals surface area contributed by atoms with E-state index in [0.717, 1.165) is 0 Å². The lowest BCUT2D eigenvalue weighted by Gasteiger charge is -2.17. The van der Waals surface area contributed by atoms with E-state index in [1.54, 1.807) is 13.2 Å². The number of para-hydroxylation sites is 2. The van der Waals surface area contributed by atoms with E-state index in [0.29, 0.717) is 29.4 Å². The third-order valence-corrected chi connectivity index (χ3v) is 3.06. The average molecular weight is 304 g/mol. The van der Waals surface area contributed by atoms with Gasteiger partial charge in [-0.15, -0.1) is 0 Å². The summed E-state index contributed by atoms with van der Waals surface area (Å²) in [6.45, 7) is 2.49. The minimum Gasteiger partial charge on any atom is -0.493 e. The lowest BCUT2D eigenvalue weighted by molar-refractivity contribution is 0.0931. The molecule has 3 N–H and O–H groups in total. The lowest BCUT2D eigenvalue weighted by atomic mass is 10.2. The number of nitrogens with one attached hydrogen (secondary N) is 1. The van der Waals surface area contributed by atoms with Crippen molar-refractivity contribution in [3.8, 4) is 11.5 Å². The Morgan fingerprint density at radius 3 is 2.73 bits per heavy atom. The van der Waals surface area contributed by atoms with Gasteiger partial charge in [-0.2, -0.15) is 0 Å². The predicted molar refractivity (Wildman–Crippen MR) is 82.0 cm³/mol. The Hall–Kier alpha value is -2.47. The molecule has 1 aromatic heterocycles. The highest BCUT2D eigenvalue weighted by Gasteiger charge is 2.13. The van der Waals surface area contributed by atoms with Crippen LogP contribution in [0.2, 0.25) is 0 Å². The molecule has 6 nitrogen and oxygen atoms in total. The van der Waals surface area contributed by atoms with Crippen LogP contribution in [0.1, 0.15) is 23.0 Å². The van der Waals surface area contributed by atoms with Gasteiger partial charge in [0.1, 0.15) is 18.1 Å². The Kier molecular flexibility index (Phi) is 5.43. The molecule has 1 unspecified atom stereocenters. The quantitative estimate of drug-likeness (QED) is 0.816. The first-order valence-corrected chi connectivity index (χ1v) is 6.99. The van der Waals surface area contributed by atoms with Crippen molar-refractivity contribution < 1.29 is 18.7 Å². The van der Waals surface area contributed by atoms with Crippen molar-refractivity contribution in [1.29, 1.82) is 0 Å². The van der Waals surface area contributed by atoms with Crippen molar-refractivity contribution in [2.24, 2.45) is 5.73 Å². The number of carbonyl (C=O) groups is 1. The summed E-state index contributed by atoms with van der Waals surface area (Å²) >= 11 is 0. The van der Waals surface area contributed by atoms with E-state index >= 15 is 0 Å². The molecule has 2 aromatic rings. The number of hydrogen-bond donors (Lipinski definition) is 2. The van der Waals surface area contributed by atoms with Gasteiger partial charge in [0.25, 0.3) is 5.91 Å². The molecular formula is C16H20N2O4. The summed E-state index contributed by atoms with van der Waals surface area (Å²) in [5.41, 5.74) is 5.89. The number of furan rings is 1. The molecule has 0 saturated heterocycles. The third kappa shape index (κ3) is 4.02. The van der Waals surface area contributed by atoms with Crippen molar-refractivity contribution in [2.75, 3.05) is 13.7 Å². The van der Waals surface area contributed by atoms with Crippen molar-refractivity contribution in [1.82, 2.24) is 5.32 Å². The number of carbonyl (C=O) groups excluding carboxylic acids is 1. The van der Waals surface area contributed by atoms with E-state index in [9.17, 15) is 4.79 Å². The van der Waals surface area contributed by atoms with Gasteiger partial charge in [0, 0.05) is 0 Å². The van der Waals surface area contributed by atoms with E-state index < -0.39 is 0 Å². The monoisotopic (exact) mass is 304 g/mol. The molecule has 0 saturated carbocycles. The zero-order chi connectivity index (χ0) is 15.9. The molecule has 6 heteroatoms. The Morgan fingerprint density at radius 1 is 1.36 bits per heavy atom. The van der Waals surface area contributed by atoms with Crippen LogP contribution >= 0.6 is 0 Å². The highest BCUT2D eigenvalue weighted by atomic mass is 16.5. The molecule has 1 amide bonds. The highest BCUT2D eigenvalue weighted by molar-refractivity contribution is 5.93. The lowest BCUT2D eigenvalue weighted by Crippen LogP contribution is -2.33. The third-order valence-electron chi connectivity index (χ3n) is 3.06. The van der Waals surface area contributed by atoms with Crippen LogP contribution in [0.5, 0.6) is 11.5 Å². The summed E-state index contributed by atoms with van der Waals surface area (Å²) in [7, 11) is 1.59. The molecule has 118 valence electrons. The first-order chi connectivity index (χ1) is 10.6. The normalized spacial score (nSPS) is 11.8. The zero-order valence-corrected chi connectivity index (χ0v) is 12.7. The van der Waals surface area contributed by atoms with Crippen molar-refractivity contribution in [3.63, 3.8) is 0 Å². The maximum Gasteiger partial charge on any atom is 0.254 e. The molecular weight excluding hydrogens is 284 g/mol. The van der Waals surface area contributed by atoms with E-state index in [-0.39, 0.29) is 18.6 Å². The van der Waals surface area contributed by atoms with Gasteiger partial charge in [0.2, 0.25) is 0 Å². The molecule has 22 heavy (non-hydrogen) atoms. The van der Waals surface area contributed by atoms with Crippen LogP contribution < -0.4 is 20.5 Å². The molecule has 1 heterocycles. The SMILES string of the molecule is COc1ccccc1OC(C)CNC(=O)c1coc(CN)c1. The van der Waals surface area contributed by atoms with Crippen LogP contribution in [0.3, 0.4) is 0 Å². The smallest absolute Gasteiger partial charge is 0.254 e. The minimum absolute atomic E-state index is 0.207. The number of amides is 1. The fraction of sp³-hybridized carbons (Fsp3) is 0.312. The van der Waals surface area contributed by atoms with Gasteiger partial charge in [0.05, 0.1) is 25.8 Å². The molecule has 2 rings (SSSR count). The van der Waals surface area contributed by atoms with E-state index in [2.05, 4.69) is 5.32 Å². The number of hydrogen-bond acceptors (Lipinski definition) is 5. The topological polar surface area (TPSA) is 86.7 Å². The van der Waals surface area contributed by atoms with Gasteiger partial charge >= 0.3 is 0 Å². The van der Waals surface area contributed by atoms with Crippen LogP contribution in [0.15, 0.2) is 41.0 Å². The molecule has 1 atom stereocenters. The number of rotatable bonds is 7. The number of methoxy groups -OCH3 is 1. The van der Waals surface area contributed by atoms with Crippen LogP contribution in [0.25, 0.3) is 0 Å². The molecule has 0 bridgehead atoms. The number of benzene rings is 1. The maximum absolute atomic E-state index is 12.0. The summed E-state index contributed by atoms with van der Waals surface area (Å²) in [5, 5.41) is 2.79. The Balaban J connectivity index is 1.87. The van der Waals surface area contributed by atoms with Gasteiger partial charge < -0.3 is 24.9 Å². The maximum atomic E-state index is 12.0. The van der Waals surface area contributed by atoms with Crippen LogP contribution in [0, 0.1) is 0 Å². The molecule has 0 aliphatic carbocycles. The minimum atomic E-state index is -0.223.